The molecular weight excluding hydrogens is 316 g/mol. The molecule has 78 valence electrons. The minimum atomic E-state index is 0.500. The number of thioether (sulfide) groups is 1. The molecular formula is C9H6BrClN2S2. The predicted molar refractivity (Wildman–Crippen MR) is 68.6 cm³/mol. The highest BCUT2D eigenvalue weighted by Gasteiger charge is 2.02. The first-order chi connectivity index (χ1) is 7.24. The van der Waals surface area contributed by atoms with E-state index in [4.69, 9.17) is 11.6 Å². The van der Waals surface area contributed by atoms with Crippen LogP contribution in [0.4, 0.5) is 0 Å². The first-order valence-corrected chi connectivity index (χ1v) is 7.07. The zero-order valence-corrected chi connectivity index (χ0v) is 11.5. The number of benzene rings is 1. The number of halogens is 2. The Hall–Kier alpha value is -0.100. The number of rotatable bonds is 3. The normalized spacial score (nSPS) is 10.5. The Morgan fingerprint density at radius 3 is 2.93 bits per heavy atom. The Labute approximate surface area is 109 Å². The Bertz CT molecular complexity index is 461. The molecule has 2 aromatic rings. The maximum absolute atomic E-state index is 5.70. The molecule has 2 rings (SSSR count). The van der Waals surface area contributed by atoms with E-state index in [-0.39, 0.29) is 0 Å². The van der Waals surface area contributed by atoms with Crippen molar-refractivity contribution in [3.63, 3.8) is 0 Å². The molecule has 0 unspecified atom stereocenters. The van der Waals surface area contributed by atoms with Crippen LogP contribution >= 0.6 is 50.6 Å². The summed E-state index contributed by atoms with van der Waals surface area (Å²) in [5.41, 5.74) is 0. The fourth-order valence-corrected chi connectivity index (χ4v) is 3.35. The van der Waals surface area contributed by atoms with Crippen LogP contribution in [0.25, 0.3) is 0 Å². The first kappa shape index (κ1) is 11.4. The van der Waals surface area contributed by atoms with Crippen LogP contribution in [-0.4, -0.2) is 10.2 Å². The monoisotopic (exact) mass is 320 g/mol. The summed E-state index contributed by atoms with van der Waals surface area (Å²) in [6.45, 7) is 0. The molecule has 0 aliphatic rings. The summed E-state index contributed by atoms with van der Waals surface area (Å²) in [5, 5.41) is 8.66. The third kappa shape index (κ3) is 3.45. The smallest absolute Gasteiger partial charge is 0.141 e. The van der Waals surface area contributed by atoms with Crippen molar-refractivity contribution >= 4 is 50.6 Å². The molecule has 0 saturated carbocycles. The molecule has 0 amide bonds. The first-order valence-electron chi connectivity index (χ1n) is 4.10. The van der Waals surface area contributed by atoms with Crippen molar-refractivity contribution < 1.29 is 0 Å². The van der Waals surface area contributed by atoms with Gasteiger partial charge in [-0.15, -0.1) is 22.0 Å². The van der Waals surface area contributed by atoms with Crippen molar-refractivity contribution in [1.29, 1.82) is 0 Å². The van der Waals surface area contributed by atoms with Gasteiger partial charge in [0.1, 0.15) is 5.01 Å². The number of aromatic nitrogens is 2. The summed E-state index contributed by atoms with van der Waals surface area (Å²) in [4.78, 5) is 1.20. The zero-order valence-electron chi connectivity index (χ0n) is 7.48. The van der Waals surface area contributed by atoms with Crippen molar-refractivity contribution in [2.75, 3.05) is 0 Å². The fraction of sp³-hybridized carbons (Fsp3) is 0.111. The SMILES string of the molecule is Clc1nnc(CSc2cccc(Br)c2)s1. The quantitative estimate of drug-likeness (QED) is 0.791. The molecule has 0 aliphatic heterocycles. The predicted octanol–water partition coefficient (Wildman–Crippen LogP) is 4.25. The van der Waals surface area contributed by atoms with Crippen LogP contribution < -0.4 is 0 Å². The van der Waals surface area contributed by atoms with Crippen LogP contribution in [0.1, 0.15) is 5.01 Å². The molecule has 0 aliphatic carbocycles. The summed E-state index contributed by atoms with van der Waals surface area (Å²) in [6, 6.07) is 8.16. The molecule has 6 heteroatoms. The van der Waals surface area contributed by atoms with Gasteiger partial charge in [-0.05, 0) is 29.8 Å². The molecule has 0 N–H and O–H groups in total. The largest absolute Gasteiger partial charge is 0.207 e. The van der Waals surface area contributed by atoms with Crippen molar-refractivity contribution in [2.24, 2.45) is 0 Å². The van der Waals surface area contributed by atoms with Gasteiger partial charge in [-0.25, -0.2) is 0 Å². The van der Waals surface area contributed by atoms with Gasteiger partial charge in [0.25, 0.3) is 0 Å². The Morgan fingerprint density at radius 2 is 2.27 bits per heavy atom. The Balaban J connectivity index is 1.99. The van der Waals surface area contributed by atoms with Crippen LogP contribution in [0.5, 0.6) is 0 Å². The molecule has 0 bridgehead atoms. The number of nitrogens with zero attached hydrogens (tertiary/aromatic N) is 2. The minimum Gasteiger partial charge on any atom is -0.141 e. The average molecular weight is 322 g/mol. The van der Waals surface area contributed by atoms with Gasteiger partial charge in [0.2, 0.25) is 4.47 Å². The molecule has 0 saturated heterocycles. The fourth-order valence-electron chi connectivity index (χ4n) is 0.993. The lowest BCUT2D eigenvalue weighted by molar-refractivity contribution is 1.04. The molecule has 1 aromatic carbocycles. The van der Waals surface area contributed by atoms with Crippen molar-refractivity contribution in [2.45, 2.75) is 10.6 Å². The average Bonchev–Trinajstić information content (AvgIpc) is 2.62. The van der Waals surface area contributed by atoms with Gasteiger partial charge in [-0.3, -0.25) is 0 Å². The molecule has 1 heterocycles. The number of hydrogen-bond acceptors (Lipinski definition) is 4. The van der Waals surface area contributed by atoms with Gasteiger partial charge < -0.3 is 0 Å². The van der Waals surface area contributed by atoms with Crippen molar-refractivity contribution in [3.05, 3.63) is 38.2 Å². The van der Waals surface area contributed by atoms with E-state index in [2.05, 4.69) is 38.3 Å². The van der Waals surface area contributed by atoms with Crippen LogP contribution in [-0.2, 0) is 5.75 Å². The lowest BCUT2D eigenvalue weighted by atomic mass is 10.4. The molecule has 0 radical (unpaired) electrons. The van der Waals surface area contributed by atoms with Crippen LogP contribution in [0.2, 0.25) is 4.47 Å². The van der Waals surface area contributed by atoms with E-state index in [1.807, 2.05) is 12.1 Å². The summed E-state index contributed by atoms with van der Waals surface area (Å²) in [7, 11) is 0. The highest BCUT2D eigenvalue weighted by atomic mass is 79.9. The third-order valence-electron chi connectivity index (χ3n) is 1.60. The van der Waals surface area contributed by atoms with E-state index in [9.17, 15) is 0 Å². The van der Waals surface area contributed by atoms with E-state index in [0.717, 1.165) is 15.2 Å². The topological polar surface area (TPSA) is 25.8 Å². The standard InChI is InChI=1S/C9H6BrClN2S2/c10-6-2-1-3-7(4-6)14-5-8-12-13-9(11)15-8/h1-4H,5H2. The third-order valence-corrected chi connectivity index (χ3v) is 4.30. The van der Waals surface area contributed by atoms with Crippen LogP contribution in [0, 0.1) is 0 Å². The zero-order chi connectivity index (χ0) is 10.7. The van der Waals surface area contributed by atoms with Crippen molar-refractivity contribution in [3.8, 4) is 0 Å². The summed E-state index contributed by atoms with van der Waals surface area (Å²) >= 11 is 12.3. The Kier molecular flexibility index (Phi) is 4.02. The Morgan fingerprint density at radius 1 is 1.40 bits per heavy atom. The van der Waals surface area contributed by atoms with Gasteiger partial charge in [0, 0.05) is 9.37 Å². The summed E-state index contributed by atoms with van der Waals surface area (Å²) < 4.78 is 1.59. The van der Waals surface area contributed by atoms with E-state index < -0.39 is 0 Å². The van der Waals surface area contributed by atoms with Crippen LogP contribution in [0.15, 0.2) is 33.6 Å². The van der Waals surface area contributed by atoms with E-state index in [1.165, 1.54) is 16.2 Å². The van der Waals surface area contributed by atoms with Gasteiger partial charge >= 0.3 is 0 Å². The molecule has 1 aromatic heterocycles. The number of hydrogen-bond donors (Lipinski definition) is 0. The molecule has 0 fully saturated rings. The molecule has 15 heavy (non-hydrogen) atoms. The highest BCUT2D eigenvalue weighted by molar-refractivity contribution is 9.10. The van der Waals surface area contributed by atoms with Gasteiger partial charge in [0.05, 0.1) is 5.75 Å². The summed E-state index contributed by atoms with van der Waals surface area (Å²) in [6.07, 6.45) is 0. The molecule has 0 spiro atoms. The molecule has 0 atom stereocenters. The van der Waals surface area contributed by atoms with E-state index in [0.29, 0.717) is 4.47 Å². The van der Waals surface area contributed by atoms with Gasteiger partial charge in [0.15, 0.2) is 0 Å². The van der Waals surface area contributed by atoms with Gasteiger partial charge in [-0.1, -0.05) is 33.3 Å². The lowest BCUT2D eigenvalue weighted by Gasteiger charge is -1.98. The van der Waals surface area contributed by atoms with Gasteiger partial charge in [-0.2, -0.15) is 0 Å². The van der Waals surface area contributed by atoms with E-state index >= 15 is 0 Å². The summed E-state index contributed by atoms with van der Waals surface area (Å²) in [5.74, 6) is 0.806. The van der Waals surface area contributed by atoms with Crippen molar-refractivity contribution in [1.82, 2.24) is 10.2 Å². The second kappa shape index (κ2) is 5.30. The molecule has 2 nitrogen and oxygen atoms in total. The van der Waals surface area contributed by atoms with E-state index in [1.54, 1.807) is 11.8 Å². The maximum Gasteiger partial charge on any atom is 0.207 e. The minimum absolute atomic E-state index is 0.500. The maximum atomic E-state index is 5.70. The second-order valence-corrected chi connectivity index (χ2v) is 6.30. The van der Waals surface area contributed by atoms with Crippen LogP contribution in [0.3, 0.4) is 0 Å². The second-order valence-electron chi connectivity index (χ2n) is 2.69. The highest BCUT2D eigenvalue weighted by Crippen LogP contribution is 2.27. The lowest BCUT2D eigenvalue weighted by Crippen LogP contribution is -1.79.